The number of hydrogen-bond donors (Lipinski definition) is 1. The molecule has 0 bridgehead atoms. The zero-order chi connectivity index (χ0) is 14.5. The first-order chi connectivity index (χ1) is 9.67. The average Bonchev–Trinajstić information content (AvgIpc) is 2.44. The highest BCUT2D eigenvalue weighted by Crippen LogP contribution is 2.31. The molecule has 1 aromatic heterocycles. The van der Waals surface area contributed by atoms with E-state index in [-0.39, 0.29) is 11.7 Å². The molecule has 0 radical (unpaired) electrons. The molecule has 0 unspecified atom stereocenters. The molecular weight excluding hydrogens is 252 g/mol. The monoisotopic (exact) mass is 270 g/mol. The van der Waals surface area contributed by atoms with Gasteiger partial charge in [-0.3, -0.25) is 0 Å². The first kappa shape index (κ1) is 14.1. The van der Waals surface area contributed by atoms with E-state index in [0.29, 0.717) is 24.2 Å². The third-order valence-corrected chi connectivity index (χ3v) is 3.32. The molecule has 2 aromatic rings. The molecule has 3 heteroatoms. The molecule has 0 amide bonds. The van der Waals surface area contributed by atoms with Crippen LogP contribution in [-0.4, -0.2) is 5.11 Å². The minimum absolute atomic E-state index is 0.00574. The summed E-state index contributed by atoms with van der Waals surface area (Å²) in [5.41, 5.74) is 0.845. The standard InChI is InChI=1S/C17H18O3/c1-3-8-13-11-15(18)16(17(19)20-13)14(4-2)12-9-6-5-7-10-12/h3,5-7,9-11,14,18H,1,4,8H2,2H3/t14-/m1/s1. The number of rotatable bonds is 5. The van der Waals surface area contributed by atoms with Crippen LogP contribution in [0.4, 0.5) is 0 Å². The fraction of sp³-hybridized carbons (Fsp3) is 0.235. The van der Waals surface area contributed by atoms with Gasteiger partial charge in [-0.25, -0.2) is 4.79 Å². The summed E-state index contributed by atoms with van der Waals surface area (Å²) in [7, 11) is 0. The Morgan fingerprint density at radius 3 is 2.60 bits per heavy atom. The van der Waals surface area contributed by atoms with Crippen LogP contribution in [-0.2, 0) is 6.42 Å². The van der Waals surface area contributed by atoms with Gasteiger partial charge in [0, 0.05) is 18.4 Å². The Kier molecular flexibility index (Phi) is 4.41. The van der Waals surface area contributed by atoms with Gasteiger partial charge < -0.3 is 9.52 Å². The van der Waals surface area contributed by atoms with Crippen molar-refractivity contribution in [1.82, 2.24) is 0 Å². The topological polar surface area (TPSA) is 50.4 Å². The highest BCUT2D eigenvalue weighted by Gasteiger charge is 2.21. The minimum atomic E-state index is -0.474. The smallest absolute Gasteiger partial charge is 0.343 e. The van der Waals surface area contributed by atoms with Crippen LogP contribution < -0.4 is 5.63 Å². The van der Waals surface area contributed by atoms with Gasteiger partial charge in [0.25, 0.3) is 0 Å². The van der Waals surface area contributed by atoms with Gasteiger partial charge in [0.2, 0.25) is 0 Å². The summed E-state index contributed by atoms with van der Waals surface area (Å²) in [6.45, 7) is 5.57. The van der Waals surface area contributed by atoms with Crippen LogP contribution >= 0.6 is 0 Å². The molecule has 0 aliphatic rings. The van der Waals surface area contributed by atoms with E-state index in [0.717, 1.165) is 5.56 Å². The zero-order valence-electron chi connectivity index (χ0n) is 11.5. The summed E-state index contributed by atoms with van der Waals surface area (Å²) in [6.07, 6.45) is 2.76. The minimum Gasteiger partial charge on any atom is -0.507 e. The van der Waals surface area contributed by atoms with Gasteiger partial charge in [0.15, 0.2) is 0 Å². The van der Waals surface area contributed by atoms with Crippen molar-refractivity contribution in [2.24, 2.45) is 0 Å². The van der Waals surface area contributed by atoms with Gasteiger partial charge in [-0.15, -0.1) is 6.58 Å². The third kappa shape index (κ3) is 2.82. The largest absolute Gasteiger partial charge is 0.507 e. The predicted molar refractivity (Wildman–Crippen MR) is 79.1 cm³/mol. The van der Waals surface area contributed by atoms with E-state index >= 15 is 0 Å². The molecule has 0 fully saturated rings. The highest BCUT2D eigenvalue weighted by molar-refractivity contribution is 5.39. The summed E-state index contributed by atoms with van der Waals surface area (Å²) < 4.78 is 5.25. The van der Waals surface area contributed by atoms with Crippen LogP contribution in [0.1, 0.15) is 36.1 Å². The van der Waals surface area contributed by atoms with Crippen LogP contribution in [0.25, 0.3) is 0 Å². The Morgan fingerprint density at radius 2 is 2.05 bits per heavy atom. The van der Waals surface area contributed by atoms with Crippen LogP contribution in [0.3, 0.4) is 0 Å². The molecule has 104 valence electrons. The van der Waals surface area contributed by atoms with Crippen molar-refractivity contribution in [3.63, 3.8) is 0 Å². The molecule has 1 heterocycles. The summed E-state index contributed by atoms with van der Waals surface area (Å²) in [5.74, 6) is 0.258. The van der Waals surface area contributed by atoms with E-state index in [4.69, 9.17) is 4.42 Å². The molecule has 0 saturated carbocycles. The molecule has 1 aromatic carbocycles. The van der Waals surface area contributed by atoms with Gasteiger partial charge in [0.1, 0.15) is 11.5 Å². The summed E-state index contributed by atoms with van der Waals surface area (Å²) >= 11 is 0. The van der Waals surface area contributed by atoms with Crippen LogP contribution in [0, 0.1) is 0 Å². The Hall–Kier alpha value is -2.29. The second-order valence-electron chi connectivity index (χ2n) is 4.66. The molecular formula is C17H18O3. The molecule has 0 saturated heterocycles. The Balaban J connectivity index is 2.51. The third-order valence-electron chi connectivity index (χ3n) is 3.32. The fourth-order valence-electron chi connectivity index (χ4n) is 2.39. The van der Waals surface area contributed by atoms with E-state index < -0.39 is 5.63 Å². The first-order valence-corrected chi connectivity index (χ1v) is 6.69. The van der Waals surface area contributed by atoms with Crippen molar-refractivity contribution < 1.29 is 9.52 Å². The summed E-state index contributed by atoms with van der Waals surface area (Å²) in [6, 6.07) is 11.2. The lowest BCUT2D eigenvalue weighted by Gasteiger charge is -2.16. The Bertz CT molecular complexity index is 641. The maximum Gasteiger partial charge on any atom is 0.343 e. The molecule has 1 N–H and O–H groups in total. The van der Waals surface area contributed by atoms with Crippen LogP contribution in [0.2, 0.25) is 0 Å². The lowest BCUT2D eigenvalue weighted by molar-refractivity contribution is 0.412. The zero-order valence-corrected chi connectivity index (χ0v) is 11.5. The lowest BCUT2D eigenvalue weighted by Crippen LogP contribution is -2.14. The second kappa shape index (κ2) is 6.24. The number of hydrogen-bond acceptors (Lipinski definition) is 3. The van der Waals surface area contributed by atoms with Gasteiger partial charge >= 0.3 is 5.63 Å². The van der Waals surface area contributed by atoms with Crippen molar-refractivity contribution in [2.75, 3.05) is 0 Å². The SMILES string of the molecule is C=CCc1cc(O)c([C@H](CC)c2ccccc2)c(=O)o1. The van der Waals surface area contributed by atoms with E-state index in [9.17, 15) is 9.90 Å². The summed E-state index contributed by atoms with van der Waals surface area (Å²) in [5, 5.41) is 10.2. The molecule has 3 nitrogen and oxygen atoms in total. The molecule has 0 aliphatic heterocycles. The number of aromatic hydroxyl groups is 1. The van der Waals surface area contributed by atoms with Crippen molar-refractivity contribution >= 4 is 0 Å². The van der Waals surface area contributed by atoms with Gasteiger partial charge in [-0.1, -0.05) is 43.3 Å². The second-order valence-corrected chi connectivity index (χ2v) is 4.66. The molecule has 20 heavy (non-hydrogen) atoms. The lowest BCUT2D eigenvalue weighted by atomic mass is 9.89. The predicted octanol–water partition coefficient (Wildman–Crippen LogP) is 3.62. The maximum absolute atomic E-state index is 12.1. The van der Waals surface area contributed by atoms with Gasteiger partial charge in [0.05, 0.1) is 5.56 Å². The molecule has 0 aliphatic carbocycles. The Morgan fingerprint density at radius 1 is 1.35 bits per heavy atom. The van der Waals surface area contributed by atoms with Gasteiger partial charge in [-0.05, 0) is 12.0 Å². The van der Waals surface area contributed by atoms with Gasteiger partial charge in [-0.2, -0.15) is 0 Å². The highest BCUT2D eigenvalue weighted by atomic mass is 16.4. The maximum atomic E-state index is 12.1. The fourth-order valence-corrected chi connectivity index (χ4v) is 2.39. The quantitative estimate of drug-likeness (QED) is 0.844. The van der Waals surface area contributed by atoms with E-state index in [1.54, 1.807) is 6.08 Å². The van der Waals surface area contributed by atoms with E-state index in [2.05, 4.69) is 6.58 Å². The normalized spacial score (nSPS) is 12.1. The molecule has 1 atom stereocenters. The summed E-state index contributed by atoms with van der Waals surface area (Å²) in [4.78, 5) is 12.1. The van der Waals surface area contributed by atoms with Crippen molar-refractivity contribution in [1.29, 1.82) is 0 Å². The van der Waals surface area contributed by atoms with Crippen LogP contribution in [0.5, 0.6) is 5.75 Å². The van der Waals surface area contributed by atoms with Crippen molar-refractivity contribution in [2.45, 2.75) is 25.7 Å². The van der Waals surface area contributed by atoms with Crippen molar-refractivity contribution in [3.8, 4) is 5.75 Å². The Labute approximate surface area is 118 Å². The average molecular weight is 270 g/mol. The molecule has 2 rings (SSSR count). The van der Waals surface area contributed by atoms with E-state index in [1.807, 2.05) is 37.3 Å². The van der Waals surface area contributed by atoms with E-state index in [1.165, 1.54) is 6.07 Å². The first-order valence-electron chi connectivity index (χ1n) is 6.69. The van der Waals surface area contributed by atoms with Crippen molar-refractivity contribution in [3.05, 3.63) is 76.4 Å². The number of allylic oxidation sites excluding steroid dienone is 1. The number of benzene rings is 1. The van der Waals surface area contributed by atoms with Crippen LogP contribution in [0.15, 0.2) is 58.3 Å². The molecule has 0 spiro atoms.